The number of aliphatic imine (C=N–C) groups is 1. The second-order valence-corrected chi connectivity index (χ2v) is 6.73. The summed E-state index contributed by atoms with van der Waals surface area (Å²) in [5.41, 5.74) is 0.583. The molecule has 0 aromatic rings. The normalized spacial score (nSPS) is 32.6. The van der Waals surface area contributed by atoms with Crippen molar-refractivity contribution in [3.05, 3.63) is 0 Å². The summed E-state index contributed by atoms with van der Waals surface area (Å²) in [6.45, 7) is 9.09. The van der Waals surface area contributed by atoms with Crippen molar-refractivity contribution in [1.29, 1.82) is 0 Å². The Bertz CT molecular complexity index is 260. The first-order chi connectivity index (χ1) is 7.12. The van der Waals surface area contributed by atoms with Crippen LogP contribution in [0.2, 0.25) is 0 Å². The molecule has 0 radical (unpaired) electrons. The molecule has 0 spiro atoms. The lowest BCUT2D eigenvalue weighted by Crippen LogP contribution is -2.23. The molecule has 86 valence electrons. The molecule has 2 unspecified atom stereocenters. The van der Waals surface area contributed by atoms with Crippen molar-refractivity contribution in [2.45, 2.75) is 45.3 Å². The summed E-state index contributed by atoms with van der Waals surface area (Å²) in [5.74, 6) is 0.867. The van der Waals surface area contributed by atoms with Crippen molar-refractivity contribution in [3.8, 4) is 0 Å². The quantitative estimate of drug-likeness (QED) is 0.797. The van der Waals surface area contributed by atoms with Crippen molar-refractivity contribution in [3.63, 3.8) is 0 Å². The standard InChI is InChI=1S/C12H22N2S/c1-4-5-10-8-14-11(15-10)13-7-9-6-12(9,2)3/h9-10H,4-8H2,1-3H3,(H,13,14). The van der Waals surface area contributed by atoms with Crippen LogP contribution >= 0.6 is 11.8 Å². The lowest BCUT2D eigenvalue weighted by atomic mass is 10.1. The molecule has 2 rings (SSSR count). The zero-order valence-electron chi connectivity index (χ0n) is 10.0. The zero-order chi connectivity index (χ0) is 10.9. The van der Waals surface area contributed by atoms with Gasteiger partial charge in [0.2, 0.25) is 0 Å². The van der Waals surface area contributed by atoms with Crippen LogP contribution in [0, 0.1) is 11.3 Å². The van der Waals surface area contributed by atoms with Crippen molar-refractivity contribution >= 4 is 16.9 Å². The minimum atomic E-state index is 0.583. The van der Waals surface area contributed by atoms with E-state index in [1.807, 2.05) is 11.8 Å². The molecule has 1 heterocycles. The average Bonchev–Trinajstić information content (AvgIpc) is 2.62. The van der Waals surface area contributed by atoms with Gasteiger partial charge in [0.05, 0.1) is 6.54 Å². The van der Waals surface area contributed by atoms with Crippen LogP contribution in [0.4, 0.5) is 0 Å². The minimum Gasteiger partial charge on any atom is -0.365 e. The number of amidine groups is 1. The van der Waals surface area contributed by atoms with Crippen LogP contribution < -0.4 is 5.32 Å². The third kappa shape index (κ3) is 2.90. The van der Waals surface area contributed by atoms with E-state index < -0.39 is 0 Å². The van der Waals surface area contributed by atoms with Gasteiger partial charge in [-0.3, -0.25) is 4.99 Å². The van der Waals surface area contributed by atoms with Gasteiger partial charge in [0.25, 0.3) is 0 Å². The maximum atomic E-state index is 4.55. The summed E-state index contributed by atoms with van der Waals surface area (Å²) in [4.78, 5) is 4.55. The van der Waals surface area contributed by atoms with Gasteiger partial charge in [-0.15, -0.1) is 0 Å². The maximum Gasteiger partial charge on any atom is 0.156 e. The van der Waals surface area contributed by atoms with E-state index in [0.29, 0.717) is 5.41 Å². The Morgan fingerprint density at radius 3 is 2.87 bits per heavy atom. The summed E-state index contributed by atoms with van der Waals surface area (Å²) in [5, 5.41) is 5.43. The Balaban J connectivity index is 1.65. The van der Waals surface area contributed by atoms with Gasteiger partial charge in [0, 0.05) is 11.8 Å². The SMILES string of the molecule is CCCC1CN=C(NCC2CC2(C)C)S1. The van der Waals surface area contributed by atoms with Gasteiger partial charge in [0.15, 0.2) is 5.17 Å². The van der Waals surface area contributed by atoms with E-state index in [1.54, 1.807) is 0 Å². The molecule has 1 aliphatic heterocycles. The van der Waals surface area contributed by atoms with Gasteiger partial charge < -0.3 is 5.32 Å². The Morgan fingerprint density at radius 2 is 2.27 bits per heavy atom. The predicted molar refractivity (Wildman–Crippen MR) is 68.5 cm³/mol. The van der Waals surface area contributed by atoms with Crippen LogP contribution in [0.3, 0.4) is 0 Å². The molecule has 15 heavy (non-hydrogen) atoms. The summed E-state index contributed by atoms with van der Waals surface area (Å²) < 4.78 is 0. The zero-order valence-corrected chi connectivity index (χ0v) is 10.9. The van der Waals surface area contributed by atoms with Gasteiger partial charge in [0.1, 0.15) is 0 Å². The number of nitrogens with zero attached hydrogens (tertiary/aromatic N) is 1. The first-order valence-electron chi connectivity index (χ1n) is 6.07. The van der Waals surface area contributed by atoms with E-state index in [-0.39, 0.29) is 0 Å². The summed E-state index contributed by atoms with van der Waals surface area (Å²) in [6.07, 6.45) is 3.95. The molecular formula is C12H22N2S. The number of hydrogen-bond acceptors (Lipinski definition) is 3. The molecule has 1 N–H and O–H groups in total. The Hall–Kier alpha value is -0.180. The Morgan fingerprint density at radius 1 is 1.53 bits per heavy atom. The molecule has 1 aliphatic carbocycles. The van der Waals surface area contributed by atoms with E-state index in [9.17, 15) is 0 Å². The second kappa shape index (κ2) is 4.36. The highest BCUT2D eigenvalue weighted by atomic mass is 32.2. The third-order valence-corrected chi connectivity index (χ3v) is 4.76. The highest BCUT2D eigenvalue weighted by Crippen LogP contribution is 2.51. The second-order valence-electron chi connectivity index (χ2n) is 5.44. The summed E-state index contributed by atoms with van der Waals surface area (Å²) in [6, 6.07) is 0. The lowest BCUT2D eigenvalue weighted by molar-refractivity contribution is 0.552. The number of thioether (sulfide) groups is 1. The molecule has 2 aliphatic rings. The number of rotatable bonds is 4. The van der Waals surface area contributed by atoms with Crippen LogP contribution in [0.5, 0.6) is 0 Å². The van der Waals surface area contributed by atoms with Gasteiger partial charge in [-0.25, -0.2) is 0 Å². The monoisotopic (exact) mass is 226 g/mol. The molecule has 1 fully saturated rings. The maximum absolute atomic E-state index is 4.55. The van der Waals surface area contributed by atoms with Gasteiger partial charge in [-0.2, -0.15) is 0 Å². The topological polar surface area (TPSA) is 24.4 Å². The largest absolute Gasteiger partial charge is 0.365 e. The van der Waals surface area contributed by atoms with Crippen LogP contribution in [-0.4, -0.2) is 23.5 Å². The fourth-order valence-corrected chi connectivity index (χ4v) is 3.26. The minimum absolute atomic E-state index is 0.583. The molecule has 2 atom stereocenters. The third-order valence-electron chi connectivity index (χ3n) is 3.54. The van der Waals surface area contributed by atoms with Gasteiger partial charge in [-0.1, -0.05) is 39.0 Å². The lowest BCUT2D eigenvalue weighted by Gasteiger charge is -2.08. The van der Waals surface area contributed by atoms with Gasteiger partial charge >= 0.3 is 0 Å². The van der Waals surface area contributed by atoms with E-state index in [2.05, 4.69) is 31.1 Å². The molecule has 0 bridgehead atoms. The predicted octanol–water partition coefficient (Wildman–Crippen LogP) is 2.89. The molecule has 1 saturated carbocycles. The molecule has 2 nitrogen and oxygen atoms in total. The summed E-state index contributed by atoms with van der Waals surface area (Å²) >= 11 is 1.94. The first kappa shape index (κ1) is 11.3. The van der Waals surface area contributed by atoms with Gasteiger partial charge in [-0.05, 0) is 24.2 Å². The molecule has 0 saturated heterocycles. The fraction of sp³-hybridized carbons (Fsp3) is 0.917. The number of hydrogen-bond donors (Lipinski definition) is 1. The molecule has 3 heteroatoms. The smallest absolute Gasteiger partial charge is 0.156 e. The molecule has 0 aromatic carbocycles. The first-order valence-corrected chi connectivity index (χ1v) is 6.95. The highest BCUT2D eigenvalue weighted by Gasteiger charge is 2.45. The molecule has 0 aromatic heterocycles. The average molecular weight is 226 g/mol. The van der Waals surface area contributed by atoms with Crippen molar-refractivity contribution in [2.75, 3.05) is 13.1 Å². The van der Waals surface area contributed by atoms with E-state index in [0.717, 1.165) is 24.3 Å². The van der Waals surface area contributed by atoms with Crippen LogP contribution in [-0.2, 0) is 0 Å². The van der Waals surface area contributed by atoms with Crippen molar-refractivity contribution < 1.29 is 0 Å². The van der Waals surface area contributed by atoms with Crippen LogP contribution in [0.1, 0.15) is 40.0 Å². The van der Waals surface area contributed by atoms with Crippen molar-refractivity contribution in [2.24, 2.45) is 16.3 Å². The van der Waals surface area contributed by atoms with E-state index >= 15 is 0 Å². The molecular weight excluding hydrogens is 204 g/mol. The number of nitrogens with one attached hydrogen (secondary N) is 1. The highest BCUT2D eigenvalue weighted by molar-refractivity contribution is 8.14. The fourth-order valence-electron chi connectivity index (χ4n) is 2.12. The van der Waals surface area contributed by atoms with Crippen molar-refractivity contribution in [1.82, 2.24) is 5.32 Å². The molecule has 0 amide bonds. The van der Waals surface area contributed by atoms with Crippen LogP contribution in [0.15, 0.2) is 4.99 Å². The van der Waals surface area contributed by atoms with E-state index in [4.69, 9.17) is 0 Å². The Kier molecular flexibility index (Phi) is 3.29. The van der Waals surface area contributed by atoms with E-state index in [1.165, 1.54) is 24.4 Å². The van der Waals surface area contributed by atoms with Crippen LogP contribution in [0.25, 0.3) is 0 Å². The Labute approximate surface area is 97.3 Å². The summed E-state index contributed by atoms with van der Waals surface area (Å²) in [7, 11) is 0.